The Balaban J connectivity index is 1.98. The van der Waals surface area contributed by atoms with Gasteiger partial charge in [0.1, 0.15) is 5.82 Å². The molecule has 17 heavy (non-hydrogen) atoms. The molecular formula is C12H10ClN3S. The molecule has 0 atom stereocenters. The van der Waals surface area contributed by atoms with Gasteiger partial charge in [-0.1, -0.05) is 18.2 Å². The van der Waals surface area contributed by atoms with Crippen LogP contribution in [-0.4, -0.2) is 15.7 Å². The summed E-state index contributed by atoms with van der Waals surface area (Å²) in [6.45, 7) is 0. The summed E-state index contributed by atoms with van der Waals surface area (Å²) in [6, 6.07) is 9.96. The van der Waals surface area contributed by atoms with E-state index in [0.29, 0.717) is 5.28 Å². The van der Waals surface area contributed by atoms with Crippen molar-refractivity contribution >= 4 is 34.9 Å². The first-order valence-corrected chi connectivity index (χ1v) is 6.70. The van der Waals surface area contributed by atoms with Gasteiger partial charge in [0.15, 0.2) is 0 Å². The lowest BCUT2D eigenvalue weighted by atomic mass is 10.3. The molecular weight excluding hydrogens is 254 g/mol. The minimum absolute atomic E-state index is 0.310. The Morgan fingerprint density at radius 1 is 1.18 bits per heavy atom. The van der Waals surface area contributed by atoms with Crippen LogP contribution in [0.3, 0.4) is 0 Å². The van der Waals surface area contributed by atoms with E-state index in [-0.39, 0.29) is 0 Å². The summed E-state index contributed by atoms with van der Waals surface area (Å²) in [4.78, 5) is 9.64. The molecule has 0 unspecified atom stereocenters. The van der Waals surface area contributed by atoms with E-state index in [4.69, 9.17) is 11.6 Å². The first-order chi connectivity index (χ1) is 8.33. The molecule has 1 aromatic carbocycles. The predicted octanol–water partition coefficient (Wildman–Crippen LogP) is 3.52. The van der Waals surface area contributed by atoms with E-state index in [1.807, 2.05) is 30.3 Å². The second-order valence-corrected chi connectivity index (χ2v) is 5.15. The molecule has 0 aliphatic carbocycles. The number of rotatable bonds is 2. The van der Waals surface area contributed by atoms with E-state index in [0.717, 1.165) is 34.3 Å². The van der Waals surface area contributed by atoms with Crippen LogP contribution < -0.4 is 5.32 Å². The number of aryl methyl sites for hydroxylation is 1. The third kappa shape index (κ3) is 2.23. The zero-order chi connectivity index (χ0) is 11.7. The van der Waals surface area contributed by atoms with Gasteiger partial charge in [0, 0.05) is 17.9 Å². The highest BCUT2D eigenvalue weighted by molar-refractivity contribution is 7.99. The Bertz CT molecular complexity index is 545. The van der Waals surface area contributed by atoms with Crippen LogP contribution in [0.2, 0.25) is 5.28 Å². The predicted molar refractivity (Wildman–Crippen MR) is 71.2 cm³/mol. The van der Waals surface area contributed by atoms with E-state index < -0.39 is 0 Å². The smallest absolute Gasteiger partial charge is 0.224 e. The fourth-order valence-corrected chi connectivity index (χ4v) is 3.01. The van der Waals surface area contributed by atoms with Crippen molar-refractivity contribution in [2.24, 2.45) is 0 Å². The molecule has 2 heterocycles. The number of anilines is 2. The van der Waals surface area contributed by atoms with Gasteiger partial charge in [-0.25, -0.2) is 4.98 Å². The molecule has 86 valence electrons. The lowest BCUT2D eigenvalue weighted by Crippen LogP contribution is -1.99. The fraction of sp³-hybridized carbons (Fsp3) is 0.167. The Morgan fingerprint density at radius 3 is 2.82 bits per heavy atom. The molecule has 0 radical (unpaired) electrons. The standard InChI is InChI=1S/C12H10ClN3S/c13-12-15-9-6-7-17-10(9)11(16-12)14-8-4-2-1-3-5-8/h1-5H,6-7H2,(H,14,15,16). The number of nitrogens with zero attached hydrogens (tertiary/aromatic N) is 2. The number of nitrogens with one attached hydrogen (secondary N) is 1. The molecule has 3 nitrogen and oxygen atoms in total. The third-order valence-corrected chi connectivity index (χ3v) is 3.83. The van der Waals surface area contributed by atoms with Crippen molar-refractivity contribution < 1.29 is 0 Å². The summed E-state index contributed by atoms with van der Waals surface area (Å²) in [5, 5.41) is 3.60. The van der Waals surface area contributed by atoms with Gasteiger partial charge in [-0.05, 0) is 23.7 Å². The van der Waals surface area contributed by atoms with E-state index in [2.05, 4.69) is 15.3 Å². The minimum atomic E-state index is 0.310. The summed E-state index contributed by atoms with van der Waals surface area (Å²) in [7, 11) is 0. The Hall–Kier alpha value is -1.26. The van der Waals surface area contributed by atoms with Gasteiger partial charge in [-0.15, -0.1) is 11.8 Å². The molecule has 1 aliphatic rings. The van der Waals surface area contributed by atoms with Crippen molar-refractivity contribution in [2.45, 2.75) is 11.3 Å². The molecule has 1 aliphatic heterocycles. The summed E-state index contributed by atoms with van der Waals surface area (Å²) >= 11 is 7.70. The number of halogens is 1. The van der Waals surface area contributed by atoms with Crippen LogP contribution in [0, 0.1) is 0 Å². The highest BCUT2D eigenvalue weighted by Gasteiger charge is 2.19. The molecule has 0 saturated carbocycles. The van der Waals surface area contributed by atoms with Gasteiger partial charge >= 0.3 is 0 Å². The van der Waals surface area contributed by atoms with Crippen LogP contribution >= 0.6 is 23.4 Å². The molecule has 0 amide bonds. The molecule has 0 spiro atoms. The maximum Gasteiger partial charge on any atom is 0.224 e. The topological polar surface area (TPSA) is 37.8 Å². The molecule has 0 fully saturated rings. The number of aromatic nitrogens is 2. The quantitative estimate of drug-likeness (QED) is 0.842. The van der Waals surface area contributed by atoms with Crippen molar-refractivity contribution in [3.63, 3.8) is 0 Å². The van der Waals surface area contributed by atoms with Gasteiger partial charge in [-0.2, -0.15) is 4.98 Å². The van der Waals surface area contributed by atoms with Crippen molar-refractivity contribution in [3.05, 3.63) is 41.3 Å². The maximum absolute atomic E-state index is 5.92. The van der Waals surface area contributed by atoms with Crippen molar-refractivity contribution in [1.82, 2.24) is 9.97 Å². The van der Waals surface area contributed by atoms with Gasteiger partial charge in [0.2, 0.25) is 5.28 Å². The lowest BCUT2D eigenvalue weighted by Gasteiger charge is -2.09. The Kier molecular flexibility index (Phi) is 2.91. The number of fused-ring (bicyclic) bond motifs is 1. The van der Waals surface area contributed by atoms with Gasteiger partial charge in [0.05, 0.1) is 10.6 Å². The number of para-hydroxylation sites is 1. The van der Waals surface area contributed by atoms with E-state index in [1.54, 1.807) is 11.8 Å². The first-order valence-electron chi connectivity index (χ1n) is 5.34. The number of benzene rings is 1. The largest absolute Gasteiger partial charge is 0.339 e. The van der Waals surface area contributed by atoms with Gasteiger partial charge < -0.3 is 5.32 Å². The molecule has 2 aromatic rings. The second kappa shape index (κ2) is 4.55. The molecule has 5 heteroatoms. The molecule has 1 N–H and O–H groups in total. The van der Waals surface area contributed by atoms with E-state index in [1.165, 1.54) is 0 Å². The van der Waals surface area contributed by atoms with E-state index in [9.17, 15) is 0 Å². The fourth-order valence-electron chi connectivity index (χ4n) is 1.78. The summed E-state index contributed by atoms with van der Waals surface area (Å²) in [6.07, 6.45) is 0.964. The zero-order valence-electron chi connectivity index (χ0n) is 8.98. The van der Waals surface area contributed by atoms with Crippen LogP contribution in [0.4, 0.5) is 11.5 Å². The molecule has 1 aromatic heterocycles. The normalized spacial score (nSPS) is 13.5. The van der Waals surface area contributed by atoms with Crippen LogP contribution in [-0.2, 0) is 6.42 Å². The number of hydrogen-bond acceptors (Lipinski definition) is 4. The Labute approximate surface area is 109 Å². The van der Waals surface area contributed by atoms with Crippen LogP contribution in [0.5, 0.6) is 0 Å². The highest BCUT2D eigenvalue weighted by Crippen LogP contribution is 2.37. The molecule has 0 saturated heterocycles. The average Bonchev–Trinajstić information content (AvgIpc) is 2.78. The lowest BCUT2D eigenvalue weighted by molar-refractivity contribution is 0.980. The van der Waals surface area contributed by atoms with Crippen molar-refractivity contribution in [1.29, 1.82) is 0 Å². The summed E-state index contributed by atoms with van der Waals surface area (Å²) in [5.41, 5.74) is 2.06. The first kappa shape index (κ1) is 10.9. The average molecular weight is 264 g/mol. The second-order valence-electron chi connectivity index (χ2n) is 3.71. The SMILES string of the molecule is Clc1nc2c(c(Nc3ccccc3)n1)SCC2. The van der Waals surface area contributed by atoms with Crippen molar-refractivity contribution in [3.8, 4) is 0 Å². The maximum atomic E-state index is 5.92. The van der Waals surface area contributed by atoms with Gasteiger partial charge in [0.25, 0.3) is 0 Å². The molecule has 3 rings (SSSR count). The highest BCUT2D eigenvalue weighted by atomic mass is 35.5. The Morgan fingerprint density at radius 2 is 2.00 bits per heavy atom. The summed E-state index contributed by atoms with van der Waals surface area (Å²) < 4.78 is 0. The third-order valence-electron chi connectivity index (χ3n) is 2.53. The number of hydrogen-bond donors (Lipinski definition) is 1. The van der Waals surface area contributed by atoms with Crippen LogP contribution in [0.15, 0.2) is 35.2 Å². The number of thioether (sulfide) groups is 1. The van der Waals surface area contributed by atoms with Gasteiger partial charge in [-0.3, -0.25) is 0 Å². The van der Waals surface area contributed by atoms with Crippen molar-refractivity contribution in [2.75, 3.05) is 11.1 Å². The van der Waals surface area contributed by atoms with Crippen LogP contribution in [0.25, 0.3) is 0 Å². The van der Waals surface area contributed by atoms with E-state index >= 15 is 0 Å². The minimum Gasteiger partial charge on any atom is -0.339 e. The summed E-state index contributed by atoms with van der Waals surface area (Å²) in [5.74, 6) is 1.86. The van der Waals surface area contributed by atoms with Crippen LogP contribution in [0.1, 0.15) is 5.69 Å². The monoisotopic (exact) mass is 263 g/mol. The zero-order valence-corrected chi connectivity index (χ0v) is 10.6. The molecule has 0 bridgehead atoms.